The maximum absolute atomic E-state index is 6.26. The van der Waals surface area contributed by atoms with Crippen LogP contribution in [-0.2, 0) is 0 Å². The zero-order valence-corrected chi connectivity index (χ0v) is 12.5. The maximum atomic E-state index is 6.26. The lowest BCUT2D eigenvalue weighted by atomic mass is 10.0. The molecular formula is C15H23ClN2. The molecule has 1 N–H and O–H groups in total. The number of nitrogens with one attached hydrogen (secondary N) is 1. The summed E-state index contributed by atoms with van der Waals surface area (Å²) in [4.78, 5) is 2.48. The van der Waals surface area contributed by atoms with Crippen molar-refractivity contribution in [3.63, 3.8) is 0 Å². The van der Waals surface area contributed by atoms with Crippen LogP contribution >= 0.6 is 11.6 Å². The molecule has 1 unspecified atom stereocenters. The lowest BCUT2D eigenvalue weighted by molar-refractivity contribution is 0.460. The number of nitrogens with zero attached hydrogens (tertiary/aromatic N) is 1. The van der Waals surface area contributed by atoms with Gasteiger partial charge in [-0.05, 0) is 50.9 Å². The van der Waals surface area contributed by atoms with Gasteiger partial charge in [-0.15, -0.1) is 0 Å². The van der Waals surface area contributed by atoms with Gasteiger partial charge in [-0.1, -0.05) is 24.6 Å². The Kier molecular flexibility index (Phi) is 3.88. The second-order valence-electron chi connectivity index (χ2n) is 6.09. The fourth-order valence-corrected chi connectivity index (χ4v) is 2.72. The molecule has 1 aromatic carbocycles. The summed E-state index contributed by atoms with van der Waals surface area (Å²) in [7, 11) is 0. The van der Waals surface area contributed by atoms with Crippen molar-refractivity contribution in [1.29, 1.82) is 0 Å². The van der Waals surface area contributed by atoms with Crippen LogP contribution in [0.25, 0.3) is 0 Å². The molecule has 1 aliphatic heterocycles. The summed E-state index contributed by atoms with van der Waals surface area (Å²) in [6.45, 7) is 12.1. The minimum absolute atomic E-state index is 0.114. The third-order valence-electron chi connectivity index (χ3n) is 3.74. The smallest absolute Gasteiger partial charge is 0.0470 e. The quantitative estimate of drug-likeness (QED) is 0.837. The van der Waals surface area contributed by atoms with Gasteiger partial charge in [-0.3, -0.25) is 0 Å². The summed E-state index contributed by atoms with van der Waals surface area (Å²) >= 11 is 6.26. The third kappa shape index (κ3) is 2.81. The van der Waals surface area contributed by atoms with Gasteiger partial charge >= 0.3 is 0 Å². The Morgan fingerprint density at radius 3 is 2.78 bits per heavy atom. The first-order valence-corrected chi connectivity index (χ1v) is 7.02. The normalized spacial score (nSPS) is 23.8. The van der Waals surface area contributed by atoms with Crippen LogP contribution in [-0.4, -0.2) is 25.2 Å². The maximum Gasteiger partial charge on any atom is 0.0470 e. The standard InChI is InChI=1S/C15H23ClN2/c1-11-8-17-10-15(3,4)18(9-11)13-6-5-12(2)14(16)7-13/h5-7,11,17H,8-10H2,1-4H3. The van der Waals surface area contributed by atoms with Crippen molar-refractivity contribution in [1.82, 2.24) is 5.32 Å². The molecule has 0 radical (unpaired) electrons. The van der Waals surface area contributed by atoms with E-state index in [2.05, 4.69) is 49.2 Å². The molecule has 1 aliphatic rings. The highest BCUT2D eigenvalue weighted by atomic mass is 35.5. The Morgan fingerprint density at radius 2 is 2.11 bits per heavy atom. The van der Waals surface area contributed by atoms with E-state index in [4.69, 9.17) is 11.6 Å². The van der Waals surface area contributed by atoms with Crippen LogP contribution in [0.15, 0.2) is 18.2 Å². The van der Waals surface area contributed by atoms with Gasteiger partial charge in [0.1, 0.15) is 0 Å². The van der Waals surface area contributed by atoms with Gasteiger partial charge < -0.3 is 10.2 Å². The monoisotopic (exact) mass is 266 g/mol. The first-order chi connectivity index (χ1) is 8.40. The summed E-state index contributed by atoms with van der Waals surface area (Å²) in [6.07, 6.45) is 0. The van der Waals surface area contributed by atoms with Crippen LogP contribution in [0, 0.1) is 12.8 Å². The van der Waals surface area contributed by atoms with E-state index < -0.39 is 0 Å². The van der Waals surface area contributed by atoms with Gasteiger partial charge in [0.15, 0.2) is 0 Å². The second kappa shape index (κ2) is 5.10. The number of aryl methyl sites for hydroxylation is 1. The van der Waals surface area contributed by atoms with Crippen molar-refractivity contribution in [2.75, 3.05) is 24.5 Å². The second-order valence-corrected chi connectivity index (χ2v) is 6.50. The van der Waals surface area contributed by atoms with Crippen molar-refractivity contribution >= 4 is 17.3 Å². The zero-order valence-electron chi connectivity index (χ0n) is 11.8. The summed E-state index contributed by atoms with van der Waals surface area (Å²) in [5.74, 6) is 0.645. The SMILES string of the molecule is Cc1ccc(N2CC(C)CNCC2(C)C)cc1Cl. The number of hydrogen-bond acceptors (Lipinski definition) is 2. The number of halogens is 1. The van der Waals surface area contributed by atoms with E-state index >= 15 is 0 Å². The van der Waals surface area contributed by atoms with E-state index in [-0.39, 0.29) is 5.54 Å². The van der Waals surface area contributed by atoms with Gasteiger partial charge in [0, 0.05) is 29.3 Å². The average molecular weight is 267 g/mol. The van der Waals surface area contributed by atoms with Gasteiger partial charge in [0.25, 0.3) is 0 Å². The number of hydrogen-bond donors (Lipinski definition) is 1. The summed E-state index contributed by atoms with van der Waals surface area (Å²) in [5, 5.41) is 4.39. The summed E-state index contributed by atoms with van der Waals surface area (Å²) in [6, 6.07) is 6.38. The van der Waals surface area contributed by atoms with E-state index in [1.807, 2.05) is 6.92 Å². The first-order valence-electron chi connectivity index (χ1n) is 6.64. The molecule has 0 saturated carbocycles. The van der Waals surface area contributed by atoms with Crippen molar-refractivity contribution in [2.24, 2.45) is 5.92 Å². The highest BCUT2D eigenvalue weighted by Gasteiger charge is 2.30. The predicted molar refractivity (Wildman–Crippen MR) is 79.6 cm³/mol. The molecule has 2 rings (SSSR count). The van der Waals surface area contributed by atoms with Crippen LogP contribution in [0.3, 0.4) is 0 Å². The van der Waals surface area contributed by atoms with Crippen LogP contribution in [0.2, 0.25) is 5.02 Å². The highest BCUT2D eigenvalue weighted by Crippen LogP contribution is 2.30. The fraction of sp³-hybridized carbons (Fsp3) is 0.600. The molecule has 100 valence electrons. The van der Waals surface area contributed by atoms with Crippen LogP contribution < -0.4 is 10.2 Å². The molecule has 0 spiro atoms. The average Bonchev–Trinajstić information content (AvgIpc) is 2.41. The van der Waals surface area contributed by atoms with Crippen LogP contribution in [0.5, 0.6) is 0 Å². The molecule has 1 atom stereocenters. The Labute approximate surface area is 115 Å². The topological polar surface area (TPSA) is 15.3 Å². The van der Waals surface area contributed by atoms with E-state index in [1.54, 1.807) is 0 Å². The van der Waals surface area contributed by atoms with Gasteiger partial charge in [0.05, 0.1) is 0 Å². The van der Waals surface area contributed by atoms with E-state index in [1.165, 1.54) is 5.69 Å². The summed E-state index contributed by atoms with van der Waals surface area (Å²) < 4.78 is 0. The van der Waals surface area contributed by atoms with Crippen molar-refractivity contribution < 1.29 is 0 Å². The molecule has 0 amide bonds. The van der Waals surface area contributed by atoms with Crippen LogP contribution in [0.4, 0.5) is 5.69 Å². The molecule has 1 saturated heterocycles. The number of rotatable bonds is 1. The van der Waals surface area contributed by atoms with Crippen molar-refractivity contribution in [3.05, 3.63) is 28.8 Å². The number of anilines is 1. The third-order valence-corrected chi connectivity index (χ3v) is 4.15. The van der Waals surface area contributed by atoms with Crippen molar-refractivity contribution in [2.45, 2.75) is 33.2 Å². The Bertz CT molecular complexity index is 429. The molecule has 3 heteroatoms. The molecule has 0 aliphatic carbocycles. The molecule has 1 fully saturated rings. The van der Waals surface area contributed by atoms with Crippen LogP contribution in [0.1, 0.15) is 26.3 Å². The molecule has 2 nitrogen and oxygen atoms in total. The molecular weight excluding hydrogens is 244 g/mol. The van der Waals surface area contributed by atoms with E-state index in [0.717, 1.165) is 30.2 Å². The molecule has 0 aromatic heterocycles. The predicted octanol–water partition coefficient (Wildman–Crippen LogP) is 3.47. The Morgan fingerprint density at radius 1 is 1.39 bits per heavy atom. The highest BCUT2D eigenvalue weighted by molar-refractivity contribution is 6.31. The molecule has 1 aromatic rings. The Hall–Kier alpha value is -0.730. The van der Waals surface area contributed by atoms with Gasteiger partial charge in [0.2, 0.25) is 0 Å². The molecule has 0 bridgehead atoms. The van der Waals surface area contributed by atoms with Gasteiger partial charge in [-0.25, -0.2) is 0 Å². The van der Waals surface area contributed by atoms with Gasteiger partial charge in [-0.2, -0.15) is 0 Å². The minimum Gasteiger partial charge on any atom is -0.365 e. The number of benzene rings is 1. The van der Waals surface area contributed by atoms with Crippen molar-refractivity contribution in [3.8, 4) is 0 Å². The molecule has 1 heterocycles. The largest absolute Gasteiger partial charge is 0.365 e. The zero-order chi connectivity index (χ0) is 13.3. The van der Waals surface area contributed by atoms with E-state index in [9.17, 15) is 0 Å². The van der Waals surface area contributed by atoms with E-state index in [0.29, 0.717) is 5.92 Å². The summed E-state index contributed by atoms with van der Waals surface area (Å²) in [5.41, 5.74) is 2.48. The minimum atomic E-state index is 0.114. The lowest BCUT2D eigenvalue weighted by Crippen LogP contribution is -2.49. The first kappa shape index (κ1) is 13.7. The fourth-order valence-electron chi connectivity index (χ4n) is 2.55. The molecule has 18 heavy (non-hydrogen) atoms. The Balaban J connectivity index is 2.35. The lowest BCUT2D eigenvalue weighted by Gasteiger charge is -2.39.